The molecule has 32 heavy (non-hydrogen) atoms. The summed E-state index contributed by atoms with van der Waals surface area (Å²) in [5.41, 5.74) is 2.59. The Balaban J connectivity index is 1.14. The van der Waals surface area contributed by atoms with E-state index in [4.69, 9.17) is 0 Å². The summed E-state index contributed by atoms with van der Waals surface area (Å²) >= 11 is 0. The Bertz CT molecular complexity index is 1120. The minimum atomic E-state index is -0.0290. The summed E-state index contributed by atoms with van der Waals surface area (Å²) in [6.45, 7) is 2.76. The number of anilines is 1. The molecule has 2 heterocycles. The summed E-state index contributed by atoms with van der Waals surface area (Å²) in [6.07, 6.45) is 6.73. The molecule has 2 fully saturated rings. The van der Waals surface area contributed by atoms with Crippen molar-refractivity contribution in [1.29, 1.82) is 0 Å². The number of piperidine rings is 1. The molecule has 2 aromatic carbocycles. The van der Waals surface area contributed by atoms with Gasteiger partial charge in [0.2, 0.25) is 5.91 Å². The highest BCUT2D eigenvalue weighted by Crippen LogP contribution is 2.48. The van der Waals surface area contributed by atoms with Crippen LogP contribution in [0.3, 0.4) is 0 Å². The maximum absolute atomic E-state index is 12.7. The van der Waals surface area contributed by atoms with Crippen molar-refractivity contribution >= 4 is 28.3 Å². The topological polar surface area (TPSA) is 83.1 Å². The van der Waals surface area contributed by atoms with Gasteiger partial charge in [-0.15, -0.1) is 0 Å². The monoisotopic (exact) mass is 428 g/mol. The highest BCUT2D eigenvalue weighted by Gasteiger charge is 2.43. The van der Waals surface area contributed by atoms with E-state index in [9.17, 15) is 9.59 Å². The van der Waals surface area contributed by atoms with Crippen LogP contribution in [0.1, 0.15) is 41.1 Å². The van der Waals surface area contributed by atoms with Crippen LogP contribution in [0.25, 0.3) is 10.8 Å². The van der Waals surface area contributed by atoms with Gasteiger partial charge in [0.25, 0.3) is 5.91 Å². The van der Waals surface area contributed by atoms with Gasteiger partial charge in [-0.2, -0.15) is 0 Å². The molecule has 3 atom stereocenters. The van der Waals surface area contributed by atoms with Crippen LogP contribution in [0.15, 0.2) is 60.9 Å². The fourth-order valence-corrected chi connectivity index (χ4v) is 4.57. The molecule has 0 spiro atoms. The van der Waals surface area contributed by atoms with Crippen molar-refractivity contribution in [1.82, 2.24) is 15.6 Å². The highest BCUT2D eigenvalue weighted by molar-refractivity contribution is 5.97. The number of fused-ring (bicyclic) bond motifs is 1. The van der Waals surface area contributed by atoms with Crippen molar-refractivity contribution in [2.24, 2.45) is 11.8 Å². The minimum absolute atomic E-state index is 0.0263. The molecule has 5 rings (SSSR count). The van der Waals surface area contributed by atoms with E-state index in [-0.39, 0.29) is 23.7 Å². The van der Waals surface area contributed by atoms with E-state index < -0.39 is 0 Å². The Morgan fingerprint density at radius 3 is 2.75 bits per heavy atom. The summed E-state index contributed by atoms with van der Waals surface area (Å²) in [6, 6.07) is 15.5. The summed E-state index contributed by atoms with van der Waals surface area (Å²) in [5.74, 6) is 0.716. The second kappa shape index (κ2) is 9.09. The molecule has 1 saturated carbocycles. The SMILES string of the molecule is O=C(NCC1CCCNC1)c1ccc([C@@H]2C[C@H]2C(=O)Nc2ccc3cnccc3c2)cc1. The molecule has 2 amide bonds. The standard InChI is InChI=1S/C26H28N4O2/c31-25(29-15-17-2-1-10-27-14-17)19-5-3-18(4-6-19)23-13-24(23)26(32)30-22-8-7-21-16-28-11-9-20(21)12-22/h3-9,11-12,16-17,23-24,27H,1-2,10,13-15H2,(H,29,31)(H,30,32)/t17?,23-,24+/m0/s1. The molecule has 3 N–H and O–H groups in total. The van der Waals surface area contributed by atoms with Gasteiger partial charge >= 0.3 is 0 Å². The van der Waals surface area contributed by atoms with Crippen LogP contribution in [0, 0.1) is 11.8 Å². The highest BCUT2D eigenvalue weighted by atomic mass is 16.2. The average molecular weight is 429 g/mol. The Hall–Kier alpha value is -3.25. The number of nitrogens with one attached hydrogen (secondary N) is 3. The van der Waals surface area contributed by atoms with E-state index in [1.165, 1.54) is 6.42 Å². The smallest absolute Gasteiger partial charge is 0.251 e. The number of rotatable bonds is 6. The summed E-state index contributed by atoms with van der Waals surface area (Å²) < 4.78 is 0. The van der Waals surface area contributed by atoms with Gasteiger partial charge in [0.1, 0.15) is 0 Å². The third-order valence-corrected chi connectivity index (χ3v) is 6.59. The summed E-state index contributed by atoms with van der Waals surface area (Å²) in [5, 5.41) is 11.6. The van der Waals surface area contributed by atoms with Gasteiger partial charge in [0, 0.05) is 41.5 Å². The first-order chi connectivity index (χ1) is 15.7. The van der Waals surface area contributed by atoms with E-state index in [0.29, 0.717) is 18.0 Å². The molecule has 2 aliphatic rings. The van der Waals surface area contributed by atoms with Crippen LogP contribution in [0.5, 0.6) is 0 Å². The molecule has 6 heteroatoms. The molecule has 1 aliphatic heterocycles. The van der Waals surface area contributed by atoms with Crippen molar-refractivity contribution < 1.29 is 9.59 Å². The number of benzene rings is 2. The van der Waals surface area contributed by atoms with E-state index in [1.54, 1.807) is 6.20 Å². The fraction of sp³-hybridized carbons (Fsp3) is 0.346. The van der Waals surface area contributed by atoms with Crippen LogP contribution in [-0.2, 0) is 4.79 Å². The van der Waals surface area contributed by atoms with Crippen LogP contribution in [0.2, 0.25) is 0 Å². The van der Waals surface area contributed by atoms with Crippen molar-refractivity contribution in [3.63, 3.8) is 0 Å². The molecule has 0 radical (unpaired) electrons. The second-order valence-electron chi connectivity index (χ2n) is 8.92. The molecule has 3 aromatic rings. The quantitative estimate of drug-likeness (QED) is 0.559. The zero-order chi connectivity index (χ0) is 21.9. The Morgan fingerprint density at radius 2 is 1.94 bits per heavy atom. The van der Waals surface area contributed by atoms with E-state index >= 15 is 0 Å². The molecule has 0 bridgehead atoms. The summed E-state index contributed by atoms with van der Waals surface area (Å²) in [7, 11) is 0. The lowest BCUT2D eigenvalue weighted by Gasteiger charge is -2.22. The van der Waals surface area contributed by atoms with Gasteiger partial charge in [0.15, 0.2) is 0 Å². The largest absolute Gasteiger partial charge is 0.352 e. The summed E-state index contributed by atoms with van der Waals surface area (Å²) in [4.78, 5) is 29.3. The number of carbonyl (C=O) groups is 2. The van der Waals surface area contributed by atoms with Crippen molar-refractivity contribution in [2.45, 2.75) is 25.2 Å². The number of carbonyl (C=O) groups excluding carboxylic acids is 2. The van der Waals surface area contributed by atoms with Gasteiger partial charge in [-0.05, 0) is 85.5 Å². The first-order valence-electron chi connectivity index (χ1n) is 11.4. The van der Waals surface area contributed by atoms with Gasteiger partial charge in [-0.3, -0.25) is 14.6 Å². The molecule has 1 aliphatic carbocycles. The molecule has 1 unspecified atom stereocenters. The Morgan fingerprint density at radius 1 is 1.06 bits per heavy atom. The fourth-order valence-electron chi connectivity index (χ4n) is 4.57. The van der Waals surface area contributed by atoms with Crippen molar-refractivity contribution in [3.05, 3.63) is 72.1 Å². The molecule has 164 valence electrons. The first kappa shape index (κ1) is 20.6. The van der Waals surface area contributed by atoms with Gasteiger partial charge in [-0.1, -0.05) is 18.2 Å². The number of amides is 2. The van der Waals surface area contributed by atoms with Crippen LogP contribution in [0.4, 0.5) is 5.69 Å². The maximum Gasteiger partial charge on any atom is 0.251 e. The molecular formula is C26H28N4O2. The Kier molecular flexibility index (Phi) is 5.86. The third-order valence-electron chi connectivity index (χ3n) is 6.59. The van der Waals surface area contributed by atoms with E-state index in [1.807, 2.05) is 54.7 Å². The van der Waals surface area contributed by atoms with Crippen molar-refractivity contribution in [2.75, 3.05) is 25.0 Å². The molecule has 1 saturated heterocycles. The zero-order valence-corrected chi connectivity index (χ0v) is 18.0. The molecular weight excluding hydrogens is 400 g/mol. The van der Waals surface area contributed by atoms with E-state index in [2.05, 4.69) is 20.9 Å². The van der Waals surface area contributed by atoms with Crippen LogP contribution in [-0.4, -0.2) is 36.4 Å². The van der Waals surface area contributed by atoms with E-state index in [0.717, 1.165) is 48.0 Å². The first-order valence-corrected chi connectivity index (χ1v) is 11.4. The minimum Gasteiger partial charge on any atom is -0.352 e. The van der Waals surface area contributed by atoms with Crippen LogP contribution >= 0.6 is 0 Å². The van der Waals surface area contributed by atoms with Crippen LogP contribution < -0.4 is 16.0 Å². The predicted molar refractivity (Wildman–Crippen MR) is 126 cm³/mol. The maximum atomic E-state index is 12.7. The van der Waals surface area contributed by atoms with Gasteiger partial charge in [0.05, 0.1) is 0 Å². The lowest BCUT2D eigenvalue weighted by atomic mass is 9.99. The number of pyridine rings is 1. The molecule has 1 aromatic heterocycles. The number of nitrogens with zero attached hydrogens (tertiary/aromatic N) is 1. The van der Waals surface area contributed by atoms with Crippen molar-refractivity contribution in [3.8, 4) is 0 Å². The predicted octanol–water partition coefficient (Wildman–Crippen LogP) is 3.71. The van der Waals surface area contributed by atoms with Gasteiger partial charge in [-0.25, -0.2) is 0 Å². The number of aromatic nitrogens is 1. The number of hydrogen-bond acceptors (Lipinski definition) is 4. The molecule has 6 nitrogen and oxygen atoms in total. The third kappa shape index (κ3) is 4.65. The second-order valence-corrected chi connectivity index (χ2v) is 8.92. The average Bonchev–Trinajstić information content (AvgIpc) is 3.64. The lowest BCUT2D eigenvalue weighted by molar-refractivity contribution is -0.117. The lowest BCUT2D eigenvalue weighted by Crippen LogP contribution is -2.38. The van der Waals surface area contributed by atoms with Gasteiger partial charge < -0.3 is 16.0 Å². The Labute approximate surface area is 187 Å². The normalized spacial score (nSPS) is 22.3. The zero-order valence-electron chi connectivity index (χ0n) is 18.0. The number of hydrogen-bond donors (Lipinski definition) is 3.